The summed E-state index contributed by atoms with van der Waals surface area (Å²) < 4.78 is 6.43. The molecule has 2 aromatic carbocycles. The Labute approximate surface area is 181 Å². The van der Waals surface area contributed by atoms with Gasteiger partial charge in [-0.3, -0.25) is 0 Å². The Balaban J connectivity index is 1.92. The molecule has 1 atom stereocenters. The molecule has 3 N–H and O–H groups in total. The molecule has 0 bridgehead atoms. The number of aromatic hydroxyl groups is 1. The number of aromatic nitrogens is 1. The van der Waals surface area contributed by atoms with Crippen LogP contribution in [-0.4, -0.2) is 27.2 Å². The molecule has 0 saturated carbocycles. The van der Waals surface area contributed by atoms with Crippen molar-refractivity contribution < 1.29 is 19.4 Å². The Hall–Kier alpha value is -1.89. The van der Waals surface area contributed by atoms with E-state index in [9.17, 15) is 19.8 Å². The van der Waals surface area contributed by atoms with Gasteiger partial charge in [-0.15, -0.1) is 0 Å². The van der Waals surface area contributed by atoms with Gasteiger partial charge >= 0.3 is 11.6 Å². The van der Waals surface area contributed by atoms with E-state index in [-0.39, 0.29) is 18.2 Å². The summed E-state index contributed by atoms with van der Waals surface area (Å²) in [7, 11) is 0. The molecule has 0 aliphatic rings. The van der Waals surface area contributed by atoms with Gasteiger partial charge in [0.2, 0.25) is 0 Å². The van der Waals surface area contributed by atoms with Gasteiger partial charge in [0.1, 0.15) is 11.8 Å². The lowest BCUT2D eigenvalue weighted by Crippen LogP contribution is -2.32. The van der Waals surface area contributed by atoms with Crippen molar-refractivity contribution in [1.82, 2.24) is 4.98 Å². The van der Waals surface area contributed by atoms with Gasteiger partial charge in [-0.2, -0.15) is 4.98 Å². The fraction of sp³-hybridized carbons (Fsp3) is 0.167. The highest BCUT2D eigenvalue weighted by atomic mass is 127. The number of aliphatic carboxylic acids is 1. The first-order valence-electron chi connectivity index (χ1n) is 7.83. The molecule has 0 aliphatic heterocycles. The van der Waals surface area contributed by atoms with Crippen molar-refractivity contribution in [2.75, 3.05) is 5.32 Å². The molecular formula is C18H14I2N2O5. The number of carboxylic acid groups (broad SMARTS) is 1. The Morgan fingerprint density at radius 2 is 1.96 bits per heavy atom. The third-order valence-corrected chi connectivity index (χ3v) is 5.62. The molecule has 7 nitrogen and oxygen atoms in total. The van der Waals surface area contributed by atoms with Crippen LogP contribution in [0.2, 0.25) is 0 Å². The van der Waals surface area contributed by atoms with Gasteiger partial charge in [-0.1, -0.05) is 12.1 Å². The minimum Gasteiger partial charge on any atom is -0.506 e. The molecule has 27 heavy (non-hydrogen) atoms. The van der Waals surface area contributed by atoms with Crippen molar-refractivity contribution >= 4 is 68.1 Å². The van der Waals surface area contributed by atoms with E-state index in [0.717, 1.165) is 11.1 Å². The maximum Gasteiger partial charge on any atom is 0.348 e. The Kier molecular flexibility index (Phi) is 5.89. The van der Waals surface area contributed by atoms with Crippen molar-refractivity contribution in [1.29, 1.82) is 0 Å². The lowest BCUT2D eigenvalue weighted by atomic mass is 10.1. The van der Waals surface area contributed by atoms with Crippen LogP contribution in [0.15, 0.2) is 39.5 Å². The molecule has 0 amide bonds. The Morgan fingerprint density at radius 3 is 2.59 bits per heavy atom. The van der Waals surface area contributed by atoms with Crippen molar-refractivity contribution in [2.45, 2.75) is 19.4 Å². The topological polar surface area (TPSA) is 113 Å². The van der Waals surface area contributed by atoms with Gasteiger partial charge < -0.3 is 19.9 Å². The van der Waals surface area contributed by atoms with Crippen LogP contribution in [-0.2, 0) is 11.2 Å². The summed E-state index contributed by atoms with van der Waals surface area (Å²) in [5.74, 6) is -0.945. The van der Waals surface area contributed by atoms with Gasteiger partial charge in [0.15, 0.2) is 0 Å². The lowest BCUT2D eigenvalue weighted by molar-refractivity contribution is -0.137. The largest absolute Gasteiger partial charge is 0.506 e. The number of nitrogens with one attached hydrogen (secondary N) is 1. The molecule has 0 radical (unpaired) electrons. The number of hydrogen-bond donors (Lipinski definition) is 3. The number of phenolic OH excluding ortho intramolecular Hbond substituents is 1. The zero-order valence-electron chi connectivity index (χ0n) is 14.0. The first-order chi connectivity index (χ1) is 12.8. The molecule has 1 heterocycles. The summed E-state index contributed by atoms with van der Waals surface area (Å²) >= 11 is 3.97. The molecule has 140 valence electrons. The third kappa shape index (κ3) is 4.34. The summed E-state index contributed by atoms with van der Waals surface area (Å²) in [6.45, 7) is 1.78. The van der Waals surface area contributed by atoms with Gasteiger partial charge in [-0.25, -0.2) is 9.59 Å². The van der Waals surface area contributed by atoms with E-state index in [1.165, 1.54) is 0 Å². The van der Waals surface area contributed by atoms with Crippen molar-refractivity contribution in [2.24, 2.45) is 0 Å². The van der Waals surface area contributed by atoms with E-state index < -0.39 is 17.6 Å². The molecule has 3 aromatic rings. The average Bonchev–Trinajstić information content (AvgIpc) is 2.58. The number of anilines is 1. The smallest absolute Gasteiger partial charge is 0.348 e. The van der Waals surface area contributed by atoms with Gasteiger partial charge in [0.05, 0.1) is 18.0 Å². The van der Waals surface area contributed by atoms with Crippen LogP contribution in [0, 0.1) is 14.1 Å². The normalized spacial score (nSPS) is 12.1. The number of aryl methyl sites for hydroxylation is 1. The van der Waals surface area contributed by atoms with Crippen molar-refractivity contribution in [3.05, 3.63) is 59.0 Å². The molecule has 9 heteroatoms. The zero-order chi connectivity index (χ0) is 19.7. The highest BCUT2D eigenvalue weighted by molar-refractivity contribution is 14.1. The maximum absolute atomic E-state index is 12.2. The predicted octanol–water partition coefficient (Wildman–Crippen LogP) is 3.52. The van der Waals surface area contributed by atoms with E-state index in [4.69, 9.17) is 4.42 Å². The quantitative estimate of drug-likeness (QED) is 0.389. The van der Waals surface area contributed by atoms with Crippen LogP contribution in [0.4, 0.5) is 6.01 Å². The Morgan fingerprint density at radius 1 is 1.30 bits per heavy atom. The second-order valence-electron chi connectivity index (χ2n) is 5.92. The monoisotopic (exact) mass is 592 g/mol. The second-order valence-corrected chi connectivity index (χ2v) is 8.25. The van der Waals surface area contributed by atoms with Crippen LogP contribution in [0.1, 0.15) is 11.1 Å². The van der Waals surface area contributed by atoms with Crippen molar-refractivity contribution in [3.63, 3.8) is 0 Å². The number of rotatable bonds is 5. The van der Waals surface area contributed by atoms with Gasteiger partial charge in [-0.05, 0) is 81.4 Å². The number of hydrogen-bond acceptors (Lipinski definition) is 6. The first kappa shape index (κ1) is 19.9. The molecule has 0 saturated heterocycles. The van der Waals surface area contributed by atoms with Crippen LogP contribution in [0.5, 0.6) is 5.75 Å². The number of benzene rings is 2. The van der Waals surface area contributed by atoms with E-state index in [2.05, 4.69) is 10.3 Å². The van der Waals surface area contributed by atoms with E-state index in [1.807, 2.05) is 45.2 Å². The first-order valence-corrected chi connectivity index (χ1v) is 9.98. The number of fused-ring (bicyclic) bond motifs is 1. The molecule has 0 aliphatic carbocycles. The molecule has 0 unspecified atom stereocenters. The Bertz CT molecular complexity index is 1070. The molecule has 0 fully saturated rings. The fourth-order valence-electron chi connectivity index (χ4n) is 2.66. The lowest BCUT2D eigenvalue weighted by Gasteiger charge is -2.15. The van der Waals surface area contributed by atoms with Crippen LogP contribution in [0.3, 0.4) is 0 Å². The average molecular weight is 592 g/mol. The molecular weight excluding hydrogens is 578 g/mol. The number of halogens is 2. The molecule has 0 spiro atoms. The molecule has 3 rings (SSSR count). The number of carbonyl (C=O) groups is 1. The number of carboxylic acids is 1. The minimum atomic E-state index is -1.11. The minimum absolute atomic E-state index is 0.124. The van der Waals surface area contributed by atoms with E-state index >= 15 is 0 Å². The SMILES string of the molecule is Cc1cccc2nc(N[C@@H](Cc3cc(I)c(O)c(I)c3)C(=O)O)oc(=O)c12. The van der Waals surface area contributed by atoms with E-state index in [1.54, 1.807) is 37.3 Å². The number of phenols is 1. The summed E-state index contributed by atoms with van der Waals surface area (Å²) in [6.07, 6.45) is 0.124. The summed E-state index contributed by atoms with van der Waals surface area (Å²) in [4.78, 5) is 28.1. The summed E-state index contributed by atoms with van der Waals surface area (Å²) in [5, 5.41) is 22.5. The van der Waals surface area contributed by atoms with Crippen LogP contribution in [0.25, 0.3) is 10.9 Å². The highest BCUT2D eigenvalue weighted by Crippen LogP contribution is 2.28. The zero-order valence-corrected chi connectivity index (χ0v) is 18.3. The van der Waals surface area contributed by atoms with Gasteiger partial charge in [0.25, 0.3) is 6.01 Å². The standard InChI is InChI=1S/C18H14I2N2O5/c1-8-3-2-4-12-14(8)17(26)27-18(21-12)22-13(16(24)25)7-9-5-10(19)15(23)11(20)6-9/h2-6,13,23H,7H2,1H3,(H,21,22)(H,24,25)/t13-/m0/s1. The summed E-state index contributed by atoms with van der Waals surface area (Å²) in [5.41, 5.74) is 1.33. The third-order valence-electron chi connectivity index (χ3n) is 3.98. The van der Waals surface area contributed by atoms with Crippen LogP contribution >= 0.6 is 45.2 Å². The highest BCUT2D eigenvalue weighted by Gasteiger charge is 2.21. The fourth-order valence-corrected chi connectivity index (χ4v) is 4.56. The summed E-state index contributed by atoms with van der Waals surface area (Å²) in [6, 6.07) is 7.44. The molecule has 1 aromatic heterocycles. The van der Waals surface area contributed by atoms with Crippen LogP contribution < -0.4 is 10.9 Å². The number of nitrogens with zero attached hydrogens (tertiary/aromatic N) is 1. The predicted molar refractivity (Wildman–Crippen MR) is 117 cm³/mol. The van der Waals surface area contributed by atoms with E-state index in [0.29, 0.717) is 18.0 Å². The van der Waals surface area contributed by atoms with Crippen molar-refractivity contribution in [3.8, 4) is 5.75 Å². The van der Waals surface area contributed by atoms with Gasteiger partial charge in [0, 0.05) is 6.42 Å². The second kappa shape index (κ2) is 8.00. The maximum atomic E-state index is 12.2.